The molecule has 0 amide bonds. The number of thioether (sulfide) groups is 1. The average molecular weight is 223 g/mol. The van der Waals surface area contributed by atoms with Gasteiger partial charge in [0.25, 0.3) is 0 Å². The zero-order chi connectivity index (χ0) is 11.3. The lowest BCUT2D eigenvalue weighted by Gasteiger charge is -2.17. The Kier molecular flexibility index (Phi) is 5.20. The molecular formula is C13H21NS. The highest BCUT2D eigenvalue weighted by molar-refractivity contribution is 8.00. The SMILES string of the molecule is CNC(C)CC(C)Sc1ccccc1C. The van der Waals surface area contributed by atoms with Gasteiger partial charge in [0, 0.05) is 16.2 Å². The molecule has 0 aliphatic carbocycles. The van der Waals surface area contributed by atoms with Gasteiger partial charge in [-0.05, 0) is 38.9 Å². The molecule has 1 aromatic carbocycles. The smallest absolute Gasteiger partial charge is 0.0104 e. The van der Waals surface area contributed by atoms with Gasteiger partial charge in [0.15, 0.2) is 0 Å². The molecule has 0 bridgehead atoms. The molecular weight excluding hydrogens is 202 g/mol. The summed E-state index contributed by atoms with van der Waals surface area (Å²) in [5.41, 5.74) is 1.38. The van der Waals surface area contributed by atoms with E-state index in [-0.39, 0.29) is 0 Å². The van der Waals surface area contributed by atoms with E-state index in [1.807, 2.05) is 18.8 Å². The monoisotopic (exact) mass is 223 g/mol. The van der Waals surface area contributed by atoms with Gasteiger partial charge in [0.05, 0.1) is 0 Å². The third-order valence-corrected chi connectivity index (χ3v) is 3.91. The van der Waals surface area contributed by atoms with Crippen LogP contribution in [0, 0.1) is 6.92 Å². The number of hydrogen-bond acceptors (Lipinski definition) is 2. The highest BCUT2D eigenvalue weighted by Gasteiger charge is 2.09. The Morgan fingerprint density at radius 2 is 1.93 bits per heavy atom. The molecule has 1 nitrogen and oxygen atoms in total. The standard InChI is InChI=1S/C13H21NS/c1-10-7-5-6-8-13(10)15-12(3)9-11(2)14-4/h5-8,11-12,14H,9H2,1-4H3. The fourth-order valence-electron chi connectivity index (χ4n) is 1.57. The fourth-order valence-corrected chi connectivity index (χ4v) is 2.80. The van der Waals surface area contributed by atoms with Gasteiger partial charge in [-0.2, -0.15) is 0 Å². The lowest BCUT2D eigenvalue weighted by atomic mass is 10.2. The van der Waals surface area contributed by atoms with Crippen LogP contribution in [0.15, 0.2) is 29.2 Å². The van der Waals surface area contributed by atoms with Crippen molar-refractivity contribution >= 4 is 11.8 Å². The van der Waals surface area contributed by atoms with E-state index < -0.39 is 0 Å². The lowest BCUT2D eigenvalue weighted by Crippen LogP contribution is -2.24. The van der Waals surface area contributed by atoms with Crippen LogP contribution in [0.3, 0.4) is 0 Å². The van der Waals surface area contributed by atoms with E-state index in [0.717, 1.165) is 0 Å². The highest BCUT2D eigenvalue weighted by Crippen LogP contribution is 2.28. The molecule has 0 spiro atoms. The predicted octanol–water partition coefficient (Wildman–Crippen LogP) is 3.47. The molecule has 0 aromatic heterocycles. The van der Waals surface area contributed by atoms with Gasteiger partial charge in [-0.1, -0.05) is 25.1 Å². The van der Waals surface area contributed by atoms with Crippen LogP contribution in [0.2, 0.25) is 0 Å². The summed E-state index contributed by atoms with van der Waals surface area (Å²) in [6.45, 7) is 6.70. The largest absolute Gasteiger partial charge is 0.317 e. The van der Waals surface area contributed by atoms with Crippen LogP contribution < -0.4 is 5.32 Å². The van der Waals surface area contributed by atoms with Crippen LogP contribution in [-0.4, -0.2) is 18.3 Å². The summed E-state index contributed by atoms with van der Waals surface area (Å²) in [7, 11) is 2.02. The zero-order valence-electron chi connectivity index (χ0n) is 10.1. The number of benzene rings is 1. The molecule has 0 aliphatic rings. The van der Waals surface area contributed by atoms with E-state index in [1.54, 1.807) is 0 Å². The number of nitrogens with one attached hydrogen (secondary N) is 1. The Balaban J connectivity index is 2.51. The first-order valence-electron chi connectivity index (χ1n) is 5.53. The van der Waals surface area contributed by atoms with Crippen molar-refractivity contribution in [3.05, 3.63) is 29.8 Å². The molecule has 2 unspecified atom stereocenters. The van der Waals surface area contributed by atoms with Gasteiger partial charge in [-0.3, -0.25) is 0 Å². The number of rotatable bonds is 5. The first-order valence-corrected chi connectivity index (χ1v) is 6.41. The molecule has 1 aromatic rings. The van der Waals surface area contributed by atoms with Crippen molar-refractivity contribution in [1.82, 2.24) is 5.32 Å². The summed E-state index contributed by atoms with van der Waals surface area (Å²) in [5.74, 6) is 0. The second-order valence-corrected chi connectivity index (χ2v) is 5.60. The minimum absolute atomic E-state index is 0.594. The van der Waals surface area contributed by atoms with Crippen molar-refractivity contribution in [2.45, 2.75) is 43.4 Å². The van der Waals surface area contributed by atoms with Gasteiger partial charge < -0.3 is 5.32 Å². The van der Waals surface area contributed by atoms with Gasteiger partial charge in [0.2, 0.25) is 0 Å². The number of hydrogen-bond donors (Lipinski definition) is 1. The molecule has 15 heavy (non-hydrogen) atoms. The van der Waals surface area contributed by atoms with Gasteiger partial charge in [0.1, 0.15) is 0 Å². The van der Waals surface area contributed by atoms with Crippen LogP contribution in [-0.2, 0) is 0 Å². The van der Waals surface area contributed by atoms with Crippen LogP contribution in [0.4, 0.5) is 0 Å². The summed E-state index contributed by atoms with van der Waals surface area (Å²) in [6.07, 6.45) is 1.20. The molecule has 84 valence electrons. The van der Waals surface area contributed by atoms with Gasteiger partial charge in [-0.25, -0.2) is 0 Å². The average Bonchev–Trinajstić information content (AvgIpc) is 2.21. The zero-order valence-corrected chi connectivity index (χ0v) is 10.9. The van der Waals surface area contributed by atoms with Crippen molar-refractivity contribution in [2.24, 2.45) is 0 Å². The first kappa shape index (κ1) is 12.6. The first-order chi connectivity index (χ1) is 7.13. The predicted molar refractivity (Wildman–Crippen MR) is 69.6 cm³/mol. The number of aryl methyl sites for hydroxylation is 1. The molecule has 0 aliphatic heterocycles. The Bertz CT molecular complexity index is 298. The maximum absolute atomic E-state index is 3.28. The second-order valence-electron chi connectivity index (χ2n) is 4.12. The third-order valence-electron chi connectivity index (χ3n) is 2.60. The van der Waals surface area contributed by atoms with Crippen molar-refractivity contribution in [3.63, 3.8) is 0 Å². The maximum atomic E-state index is 3.28. The minimum Gasteiger partial charge on any atom is -0.317 e. The molecule has 0 fully saturated rings. The molecule has 1 rings (SSSR count). The Morgan fingerprint density at radius 3 is 2.53 bits per heavy atom. The Labute approximate surface area is 97.7 Å². The third kappa shape index (κ3) is 4.27. The summed E-state index contributed by atoms with van der Waals surface area (Å²) in [5, 5.41) is 3.94. The van der Waals surface area contributed by atoms with Crippen molar-refractivity contribution in [2.75, 3.05) is 7.05 Å². The van der Waals surface area contributed by atoms with Crippen LogP contribution in [0.25, 0.3) is 0 Å². The van der Waals surface area contributed by atoms with E-state index in [1.165, 1.54) is 16.9 Å². The van der Waals surface area contributed by atoms with Crippen molar-refractivity contribution in [1.29, 1.82) is 0 Å². The second kappa shape index (κ2) is 6.19. The molecule has 0 saturated carbocycles. The van der Waals surface area contributed by atoms with E-state index in [0.29, 0.717) is 11.3 Å². The molecule has 0 radical (unpaired) electrons. The van der Waals surface area contributed by atoms with E-state index in [2.05, 4.69) is 50.4 Å². The lowest BCUT2D eigenvalue weighted by molar-refractivity contribution is 0.564. The van der Waals surface area contributed by atoms with Crippen LogP contribution >= 0.6 is 11.8 Å². The van der Waals surface area contributed by atoms with Gasteiger partial charge in [-0.15, -0.1) is 11.8 Å². The summed E-state index contributed by atoms with van der Waals surface area (Å²) >= 11 is 1.97. The Morgan fingerprint density at radius 1 is 1.27 bits per heavy atom. The molecule has 2 atom stereocenters. The topological polar surface area (TPSA) is 12.0 Å². The molecule has 2 heteroatoms. The minimum atomic E-state index is 0.594. The normalized spacial score (nSPS) is 14.9. The molecule has 0 saturated heterocycles. The van der Waals surface area contributed by atoms with E-state index in [4.69, 9.17) is 0 Å². The van der Waals surface area contributed by atoms with Crippen molar-refractivity contribution < 1.29 is 0 Å². The summed E-state index contributed by atoms with van der Waals surface area (Å²) < 4.78 is 0. The summed E-state index contributed by atoms with van der Waals surface area (Å²) in [4.78, 5) is 1.41. The maximum Gasteiger partial charge on any atom is 0.0104 e. The highest BCUT2D eigenvalue weighted by atomic mass is 32.2. The fraction of sp³-hybridized carbons (Fsp3) is 0.538. The summed E-state index contributed by atoms with van der Waals surface area (Å²) in [6, 6.07) is 9.19. The van der Waals surface area contributed by atoms with Gasteiger partial charge >= 0.3 is 0 Å². The molecule has 1 N–H and O–H groups in total. The molecule has 0 heterocycles. The Hall–Kier alpha value is -0.470. The van der Waals surface area contributed by atoms with Crippen LogP contribution in [0.1, 0.15) is 25.8 Å². The van der Waals surface area contributed by atoms with E-state index >= 15 is 0 Å². The van der Waals surface area contributed by atoms with E-state index in [9.17, 15) is 0 Å². The quantitative estimate of drug-likeness (QED) is 0.767. The van der Waals surface area contributed by atoms with Crippen molar-refractivity contribution in [3.8, 4) is 0 Å². The van der Waals surface area contributed by atoms with Crippen LogP contribution in [0.5, 0.6) is 0 Å².